The van der Waals surface area contributed by atoms with Gasteiger partial charge in [0.05, 0.1) is 6.61 Å². The molecule has 0 fully saturated rings. The molecule has 1 aromatic carbocycles. The minimum Gasteiger partial charge on any atom is -0.494 e. The molecule has 4 heteroatoms. The van der Waals surface area contributed by atoms with Gasteiger partial charge in [0.25, 0.3) is 0 Å². The van der Waals surface area contributed by atoms with Crippen molar-refractivity contribution in [3.63, 3.8) is 0 Å². The van der Waals surface area contributed by atoms with E-state index < -0.39 is 0 Å². The van der Waals surface area contributed by atoms with Crippen molar-refractivity contribution in [3.05, 3.63) is 29.8 Å². The summed E-state index contributed by atoms with van der Waals surface area (Å²) < 4.78 is 5.59. The number of rotatable bonds is 7. The number of halogens is 1. The van der Waals surface area contributed by atoms with Gasteiger partial charge in [-0.3, -0.25) is 0 Å². The highest BCUT2D eigenvalue weighted by molar-refractivity contribution is 5.85. The van der Waals surface area contributed by atoms with Crippen molar-refractivity contribution in [2.45, 2.75) is 19.8 Å². The summed E-state index contributed by atoms with van der Waals surface area (Å²) in [7, 11) is 0. The van der Waals surface area contributed by atoms with E-state index in [4.69, 9.17) is 15.6 Å². The smallest absolute Gasteiger partial charge is 0.119 e. The Balaban J connectivity index is 0.00000256. The molecule has 0 unspecified atom stereocenters. The van der Waals surface area contributed by atoms with Crippen molar-refractivity contribution >= 4 is 12.4 Å². The summed E-state index contributed by atoms with van der Waals surface area (Å²) in [6.07, 6.45) is 1.70. The fourth-order valence-corrected chi connectivity index (χ4v) is 1.54. The standard InChI is InChI=1S/C13H21NO2.ClH/c1-11-2-4-13(5-3-11)16-9-7-12(10-15)6-8-14;/h2-5,12,15H,6-10,14H2,1H3;1H/t12-;/m1./s1. The van der Waals surface area contributed by atoms with Gasteiger partial charge >= 0.3 is 0 Å². The Hall–Kier alpha value is -0.770. The van der Waals surface area contributed by atoms with Crippen LogP contribution in [-0.2, 0) is 0 Å². The first kappa shape index (κ1) is 16.2. The summed E-state index contributed by atoms with van der Waals surface area (Å²) in [5.74, 6) is 1.14. The maximum Gasteiger partial charge on any atom is 0.119 e. The van der Waals surface area contributed by atoms with Crippen LogP contribution in [0.5, 0.6) is 5.75 Å². The average Bonchev–Trinajstić information content (AvgIpc) is 2.30. The van der Waals surface area contributed by atoms with Crippen LogP contribution in [0.2, 0.25) is 0 Å². The van der Waals surface area contributed by atoms with Crippen LogP contribution in [0.1, 0.15) is 18.4 Å². The normalized spacial score (nSPS) is 11.7. The van der Waals surface area contributed by atoms with E-state index in [9.17, 15) is 0 Å². The van der Waals surface area contributed by atoms with Crippen molar-refractivity contribution in [2.24, 2.45) is 11.7 Å². The third kappa shape index (κ3) is 6.51. The number of nitrogens with two attached hydrogens (primary N) is 1. The van der Waals surface area contributed by atoms with Crippen LogP contribution in [0.25, 0.3) is 0 Å². The first-order valence-corrected chi connectivity index (χ1v) is 5.76. The van der Waals surface area contributed by atoms with Crippen molar-refractivity contribution in [1.82, 2.24) is 0 Å². The number of aliphatic hydroxyl groups excluding tert-OH is 1. The van der Waals surface area contributed by atoms with Crippen LogP contribution in [0, 0.1) is 12.8 Å². The van der Waals surface area contributed by atoms with Gasteiger partial charge in [-0.2, -0.15) is 0 Å². The Bertz CT molecular complexity index is 290. The zero-order valence-corrected chi connectivity index (χ0v) is 11.1. The average molecular weight is 260 g/mol. The minimum absolute atomic E-state index is 0. The van der Waals surface area contributed by atoms with Crippen LogP contribution in [-0.4, -0.2) is 24.9 Å². The number of hydrogen-bond acceptors (Lipinski definition) is 3. The van der Waals surface area contributed by atoms with E-state index in [1.807, 2.05) is 31.2 Å². The second-order valence-electron chi connectivity index (χ2n) is 4.08. The minimum atomic E-state index is 0. The lowest BCUT2D eigenvalue weighted by molar-refractivity contribution is 0.186. The van der Waals surface area contributed by atoms with Crippen molar-refractivity contribution in [3.8, 4) is 5.75 Å². The Labute approximate surface area is 109 Å². The van der Waals surface area contributed by atoms with Crippen LogP contribution in [0.15, 0.2) is 24.3 Å². The molecule has 0 aliphatic carbocycles. The van der Waals surface area contributed by atoms with Gasteiger partial charge in [-0.1, -0.05) is 17.7 Å². The fourth-order valence-electron chi connectivity index (χ4n) is 1.54. The molecule has 0 heterocycles. The van der Waals surface area contributed by atoms with E-state index in [-0.39, 0.29) is 24.9 Å². The zero-order valence-electron chi connectivity index (χ0n) is 10.3. The van der Waals surface area contributed by atoms with Gasteiger partial charge in [0, 0.05) is 6.61 Å². The molecule has 0 radical (unpaired) electrons. The summed E-state index contributed by atoms with van der Waals surface area (Å²) >= 11 is 0. The number of aliphatic hydroxyl groups is 1. The van der Waals surface area contributed by atoms with Gasteiger partial charge in [-0.05, 0) is 44.4 Å². The molecule has 1 aromatic rings. The zero-order chi connectivity index (χ0) is 11.8. The van der Waals surface area contributed by atoms with Gasteiger partial charge < -0.3 is 15.6 Å². The second kappa shape index (κ2) is 9.28. The first-order valence-electron chi connectivity index (χ1n) is 5.76. The predicted molar refractivity (Wildman–Crippen MR) is 72.8 cm³/mol. The molecular weight excluding hydrogens is 238 g/mol. The molecule has 0 saturated heterocycles. The molecule has 0 bridgehead atoms. The maximum atomic E-state index is 9.08. The Kier molecular flexibility index (Phi) is 8.86. The van der Waals surface area contributed by atoms with Crippen LogP contribution >= 0.6 is 12.4 Å². The summed E-state index contributed by atoms with van der Waals surface area (Å²) in [4.78, 5) is 0. The van der Waals surface area contributed by atoms with E-state index >= 15 is 0 Å². The first-order chi connectivity index (χ1) is 7.76. The van der Waals surface area contributed by atoms with E-state index in [2.05, 4.69) is 0 Å². The Morgan fingerprint density at radius 2 is 1.88 bits per heavy atom. The molecular formula is C13H22ClNO2. The second-order valence-corrected chi connectivity index (χ2v) is 4.08. The van der Waals surface area contributed by atoms with Crippen LogP contribution in [0.4, 0.5) is 0 Å². The van der Waals surface area contributed by atoms with E-state index in [0.29, 0.717) is 13.2 Å². The highest BCUT2D eigenvalue weighted by Crippen LogP contribution is 2.13. The Morgan fingerprint density at radius 1 is 1.24 bits per heavy atom. The predicted octanol–water partition coefficient (Wildman–Crippen LogP) is 2.14. The third-order valence-electron chi connectivity index (χ3n) is 2.65. The van der Waals surface area contributed by atoms with Gasteiger partial charge in [0.1, 0.15) is 5.75 Å². The van der Waals surface area contributed by atoms with Gasteiger partial charge in [-0.25, -0.2) is 0 Å². The SMILES string of the molecule is Cc1ccc(OCC[C@H](CO)CCN)cc1.Cl. The molecule has 98 valence electrons. The number of hydrogen-bond donors (Lipinski definition) is 2. The lowest BCUT2D eigenvalue weighted by Gasteiger charge is -2.13. The van der Waals surface area contributed by atoms with Crippen LogP contribution in [0.3, 0.4) is 0 Å². The maximum absolute atomic E-state index is 9.08. The van der Waals surface area contributed by atoms with Gasteiger partial charge in [0.15, 0.2) is 0 Å². The molecule has 3 N–H and O–H groups in total. The molecule has 0 aliphatic heterocycles. The molecule has 3 nitrogen and oxygen atoms in total. The molecule has 1 atom stereocenters. The van der Waals surface area contributed by atoms with E-state index in [0.717, 1.165) is 18.6 Å². The van der Waals surface area contributed by atoms with Crippen LogP contribution < -0.4 is 10.5 Å². The fraction of sp³-hybridized carbons (Fsp3) is 0.538. The van der Waals surface area contributed by atoms with Crippen molar-refractivity contribution in [2.75, 3.05) is 19.8 Å². The lowest BCUT2D eigenvalue weighted by Crippen LogP contribution is -2.15. The topological polar surface area (TPSA) is 55.5 Å². The number of aryl methyl sites for hydroxylation is 1. The van der Waals surface area contributed by atoms with Crippen molar-refractivity contribution < 1.29 is 9.84 Å². The van der Waals surface area contributed by atoms with Crippen molar-refractivity contribution in [1.29, 1.82) is 0 Å². The molecule has 17 heavy (non-hydrogen) atoms. The van der Waals surface area contributed by atoms with Gasteiger partial charge in [0.2, 0.25) is 0 Å². The monoisotopic (exact) mass is 259 g/mol. The quantitative estimate of drug-likeness (QED) is 0.789. The molecule has 0 spiro atoms. The highest BCUT2D eigenvalue weighted by Gasteiger charge is 2.06. The number of benzene rings is 1. The molecule has 0 saturated carbocycles. The lowest BCUT2D eigenvalue weighted by atomic mass is 10.0. The molecule has 0 amide bonds. The third-order valence-corrected chi connectivity index (χ3v) is 2.65. The highest BCUT2D eigenvalue weighted by atomic mass is 35.5. The largest absolute Gasteiger partial charge is 0.494 e. The molecule has 0 aromatic heterocycles. The molecule has 1 rings (SSSR count). The Morgan fingerprint density at radius 3 is 2.41 bits per heavy atom. The number of ether oxygens (including phenoxy) is 1. The summed E-state index contributed by atoms with van der Waals surface area (Å²) in [6, 6.07) is 7.98. The summed E-state index contributed by atoms with van der Waals surface area (Å²) in [6.45, 7) is 3.49. The summed E-state index contributed by atoms with van der Waals surface area (Å²) in [5, 5.41) is 9.08. The van der Waals surface area contributed by atoms with E-state index in [1.54, 1.807) is 0 Å². The molecule has 0 aliphatic rings. The van der Waals surface area contributed by atoms with E-state index in [1.165, 1.54) is 5.56 Å². The summed E-state index contributed by atoms with van der Waals surface area (Å²) in [5.41, 5.74) is 6.68. The van der Waals surface area contributed by atoms with Gasteiger partial charge in [-0.15, -0.1) is 12.4 Å².